The molecule has 0 spiro atoms. The molecule has 0 aliphatic rings. The van der Waals surface area contributed by atoms with E-state index in [0.29, 0.717) is 12.3 Å². The lowest BCUT2D eigenvalue weighted by atomic mass is 10.1. The van der Waals surface area contributed by atoms with Crippen LogP contribution >= 0.6 is 15.9 Å². The number of rotatable bonds is 6. The molecule has 0 fully saturated rings. The van der Waals surface area contributed by atoms with Gasteiger partial charge in [-0.05, 0) is 18.2 Å². The van der Waals surface area contributed by atoms with Gasteiger partial charge in [-0.25, -0.2) is 0 Å². The fourth-order valence-corrected chi connectivity index (χ4v) is 2.44. The van der Waals surface area contributed by atoms with Crippen LogP contribution in [0.3, 0.4) is 0 Å². The molecule has 0 bridgehead atoms. The van der Waals surface area contributed by atoms with E-state index in [1.54, 1.807) is 21.3 Å². The molecule has 0 aliphatic heterocycles. The van der Waals surface area contributed by atoms with E-state index in [9.17, 15) is 0 Å². The van der Waals surface area contributed by atoms with Crippen LogP contribution in [0.5, 0.6) is 17.2 Å². The number of hydrogen-bond donors (Lipinski definition) is 1. The van der Waals surface area contributed by atoms with Crippen molar-refractivity contribution in [2.45, 2.75) is 6.54 Å². The van der Waals surface area contributed by atoms with E-state index in [1.165, 1.54) is 0 Å². The van der Waals surface area contributed by atoms with Gasteiger partial charge in [-0.15, -0.1) is 0 Å². The van der Waals surface area contributed by atoms with E-state index >= 15 is 0 Å². The molecule has 2 aromatic rings. The molecule has 0 saturated carbocycles. The second kappa shape index (κ2) is 7.22. The highest BCUT2D eigenvalue weighted by Crippen LogP contribution is 2.34. The Balaban J connectivity index is 2.26. The van der Waals surface area contributed by atoms with Crippen molar-refractivity contribution in [2.75, 3.05) is 26.6 Å². The Morgan fingerprint density at radius 1 is 0.952 bits per heavy atom. The summed E-state index contributed by atoms with van der Waals surface area (Å²) in [6.45, 7) is 0.590. The molecule has 2 aromatic carbocycles. The molecule has 0 aliphatic carbocycles. The van der Waals surface area contributed by atoms with Gasteiger partial charge in [0, 0.05) is 28.8 Å². The largest absolute Gasteiger partial charge is 0.496 e. The number of halogens is 1. The number of methoxy groups -OCH3 is 3. The predicted molar refractivity (Wildman–Crippen MR) is 87.6 cm³/mol. The van der Waals surface area contributed by atoms with Crippen molar-refractivity contribution in [2.24, 2.45) is 0 Å². The first-order valence-electron chi connectivity index (χ1n) is 6.46. The second-order valence-corrected chi connectivity index (χ2v) is 5.29. The van der Waals surface area contributed by atoms with Crippen LogP contribution < -0.4 is 19.5 Å². The Morgan fingerprint density at radius 3 is 2.14 bits per heavy atom. The SMILES string of the molecule is COc1cc(OC)c(CNc2cccc(Br)c2)c(OC)c1. The molecule has 21 heavy (non-hydrogen) atoms. The first-order chi connectivity index (χ1) is 10.2. The monoisotopic (exact) mass is 351 g/mol. The van der Waals surface area contributed by atoms with Crippen molar-refractivity contribution in [1.29, 1.82) is 0 Å². The number of ether oxygens (including phenoxy) is 3. The molecule has 0 atom stereocenters. The highest BCUT2D eigenvalue weighted by atomic mass is 79.9. The molecule has 0 amide bonds. The Hall–Kier alpha value is -1.88. The third kappa shape index (κ3) is 3.82. The zero-order valence-corrected chi connectivity index (χ0v) is 13.9. The lowest BCUT2D eigenvalue weighted by Gasteiger charge is -2.16. The van der Waals surface area contributed by atoms with Crippen LogP contribution in [0.15, 0.2) is 40.9 Å². The van der Waals surface area contributed by atoms with Crippen molar-refractivity contribution in [3.63, 3.8) is 0 Å². The first-order valence-corrected chi connectivity index (χ1v) is 7.25. The van der Waals surface area contributed by atoms with Crippen LogP contribution in [-0.4, -0.2) is 21.3 Å². The van der Waals surface area contributed by atoms with Crippen LogP contribution in [0.2, 0.25) is 0 Å². The average molecular weight is 352 g/mol. The van der Waals surface area contributed by atoms with Crippen molar-refractivity contribution in [3.8, 4) is 17.2 Å². The third-order valence-electron chi connectivity index (χ3n) is 3.11. The van der Waals surface area contributed by atoms with E-state index in [-0.39, 0.29) is 0 Å². The first kappa shape index (κ1) is 15.5. The van der Waals surface area contributed by atoms with E-state index < -0.39 is 0 Å². The average Bonchev–Trinajstić information content (AvgIpc) is 2.52. The molecular weight excluding hydrogens is 334 g/mol. The summed E-state index contributed by atoms with van der Waals surface area (Å²) >= 11 is 3.46. The van der Waals surface area contributed by atoms with Crippen molar-refractivity contribution >= 4 is 21.6 Å². The van der Waals surface area contributed by atoms with E-state index in [2.05, 4.69) is 21.2 Å². The Labute approximate surface area is 133 Å². The standard InChI is InChI=1S/C16H18BrNO3/c1-19-13-8-15(20-2)14(16(9-13)21-3)10-18-12-6-4-5-11(17)7-12/h4-9,18H,10H2,1-3H3. The topological polar surface area (TPSA) is 39.7 Å². The third-order valence-corrected chi connectivity index (χ3v) is 3.60. The number of nitrogens with one attached hydrogen (secondary N) is 1. The fraction of sp³-hybridized carbons (Fsp3) is 0.250. The molecule has 0 heterocycles. The number of hydrogen-bond acceptors (Lipinski definition) is 4. The van der Waals surface area contributed by atoms with Crippen LogP contribution in [0.4, 0.5) is 5.69 Å². The number of anilines is 1. The van der Waals surface area contributed by atoms with Gasteiger partial charge in [0.1, 0.15) is 17.2 Å². The highest BCUT2D eigenvalue weighted by molar-refractivity contribution is 9.10. The molecule has 112 valence electrons. The summed E-state index contributed by atoms with van der Waals surface area (Å²) in [4.78, 5) is 0. The van der Waals surface area contributed by atoms with Gasteiger partial charge in [-0.2, -0.15) is 0 Å². The van der Waals surface area contributed by atoms with Crippen LogP contribution in [0.25, 0.3) is 0 Å². The summed E-state index contributed by atoms with van der Waals surface area (Å²) in [6.07, 6.45) is 0. The van der Waals surface area contributed by atoms with Gasteiger partial charge in [-0.3, -0.25) is 0 Å². The molecule has 0 saturated heterocycles. The predicted octanol–water partition coefficient (Wildman–Crippen LogP) is 4.09. The molecule has 0 radical (unpaired) electrons. The molecule has 0 aromatic heterocycles. The minimum absolute atomic E-state index is 0.590. The van der Waals surface area contributed by atoms with Crippen LogP contribution in [0.1, 0.15) is 5.56 Å². The van der Waals surface area contributed by atoms with Gasteiger partial charge < -0.3 is 19.5 Å². The van der Waals surface area contributed by atoms with Crippen molar-refractivity contribution in [3.05, 3.63) is 46.4 Å². The van der Waals surface area contributed by atoms with Gasteiger partial charge in [0.15, 0.2) is 0 Å². The van der Waals surface area contributed by atoms with E-state index in [1.807, 2.05) is 36.4 Å². The summed E-state index contributed by atoms with van der Waals surface area (Å²) in [7, 11) is 4.89. The highest BCUT2D eigenvalue weighted by Gasteiger charge is 2.13. The Bertz CT molecular complexity index is 591. The maximum absolute atomic E-state index is 5.43. The van der Waals surface area contributed by atoms with Gasteiger partial charge in [-0.1, -0.05) is 22.0 Å². The second-order valence-electron chi connectivity index (χ2n) is 4.37. The molecule has 2 rings (SSSR count). The smallest absolute Gasteiger partial charge is 0.131 e. The maximum Gasteiger partial charge on any atom is 0.131 e. The van der Waals surface area contributed by atoms with Gasteiger partial charge in [0.05, 0.1) is 26.9 Å². The zero-order chi connectivity index (χ0) is 15.2. The normalized spacial score (nSPS) is 10.1. The molecule has 1 N–H and O–H groups in total. The zero-order valence-electron chi connectivity index (χ0n) is 12.3. The van der Waals surface area contributed by atoms with Gasteiger partial charge in [0.2, 0.25) is 0 Å². The summed E-state index contributed by atoms with van der Waals surface area (Å²) < 4.78 is 17.1. The molecule has 5 heteroatoms. The van der Waals surface area contributed by atoms with Crippen LogP contribution in [-0.2, 0) is 6.54 Å². The van der Waals surface area contributed by atoms with Gasteiger partial charge >= 0.3 is 0 Å². The summed E-state index contributed by atoms with van der Waals surface area (Å²) in [5, 5.41) is 3.36. The molecular formula is C16H18BrNO3. The maximum atomic E-state index is 5.43. The van der Waals surface area contributed by atoms with E-state index in [4.69, 9.17) is 14.2 Å². The molecule has 4 nitrogen and oxygen atoms in total. The van der Waals surface area contributed by atoms with Gasteiger partial charge in [0.25, 0.3) is 0 Å². The summed E-state index contributed by atoms with van der Waals surface area (Å²) in [6, 6.07) is 11.7. The van der Waals surface area contributed by atoms with Crippen molar-refractivity contribution < 1.29 is 14.2 Å². The minimum Gasteiger partial charge on any atom is -0.496 e. The summed E-state index contributed by atoms with van der Waals surface area (Å²) in [5.74, 6) is 2.16. The molecule has 0 unspecified atom stereocenters. The quantitative estimate of drug-likeness (QED) is 0.850. The lowest BCUT2D eigenvalue weighted by molar-refractivity contribution is 0.369. The van der Waals surface area contributed by atoms with Crippen molar-refractivity contribution in [1.82, 2.24) is 0 Å². The van der Waals surface area contributed by atoms with Crippen LogP contribution in [0, 0.1) is 0 Å². The Morgan fingerprint density at radius 2 is 1.62 bits per heavy atom. The fourth-order valence-electron chi connectivity index (χ4n) is 2.04. The Kier molecular flexibility index (Phi) is 5.33. The summed E-state index contributed by atoms with van der Waals surface area (Å²) in [5.41, 5.74) is 1.96. The number of benzene rings is 2. The minimum atomic E-state index is 0.590. The van der Waals surface area contributed by atoms with E-state index in [0.717, 1.165) is 27.2 Å². The lowest BCUT2D eigenvalue weighted by Crippen LogP contribution is -2.04.